The minimum Gasteiger partial charge on any atom is -0.438 e. The molecule has 0 aliphatic heterocycles. The second kappa shape index (κ2) is 9.44. The summed E-state index contributed by atoms with van der Waals surface area (Å²) < 4.78 is 13.7. The second-order valence-electron chi connectivity index (χ2n) is 2.02. The Labute approximate surface area is 83.5 Å². The monoisotopic (exact) mass is 196 g/mol. The minimum atomic E-state index is -0.739. The highest BCUT2D eigenvalue weighted by Gasteiger charge is 1.94. The molecule has 0 aromatic carbocycles. The fraction of sp³-hybridized carbons (Fsp3) is 0.500. The van der Waals surface area contributed by atoms with E-state index < -0.39 is 6.16 Å². The van der Waals surface area contributed by atoms with Gasteiger partial charge in [0.05, 0.1) is 7.11 Å². The maximum absolute atomic E-state index is 10.4. The van der Waals surface area contributed by atoms with Gasteiger partial charge in [0.1, 0.15) is 13.2 Å². The Hall–Kier alpha value is -1.65. The molecule has 0 aliphatic rings. The van der Waals surface area contributed by atoms with Crippen molar-refractivity contribution < 1.29 is 19.0 Å². The first-order chi connectivity index (χ1) is 6.81. The SMILES string of the molecule is CC#CCOCC#CCOC(=O)OC. The van der Waals surface area contributed by atoms with Crippen LogP contribution in [0.25, 0.3) is 0 Å². The van der Waals surface area contributed by atoms with E-state index >= 15 is 0 Å². The van der Waals surface area contributed by atoms with Crippen molar-refractivity contribution in [3.05, 3.63) is 0 Å². The van der Waals surface area contributed by atoms with Gasteiger partial charge in [-0.2, -0.15) is 0 Å². The van der Waals surface area contributed by atoms with Crippen molar-refractivity contribution in [3.8, 4) is 23.7 Å². The van der Waals surface area contributed by atoms with E-state index in [0.29, 0.717) is 6.61 Å². The van der Waals surface area contributed by atoms with E-state index in [1.165, 1.54) is 7.11 Å². The van der Waals surface area contributed by atoms with Gasteiger partial charge >= 0.3 is 6.16 Å². The zero-order chi connectivity index (χ0) is 10.6. The van der Waals surface area contributed by atoms with Crippen LogP contribution in [0.2, 0.25) is 0 Å². The Balaban J connectivity index is 3.34. The molecule has 0 bridgehead atoms. The fourth-order valence-electron chi connectivity index (χ4n) is 0.481. The molecule has 0 unspecified atom stereocenters. The van der Waals surface area contributed by atoms with Gasteiger partial charge in [-0.25, -0.2) is 4.79 Å². The normalized spacial score (nSPS) is 7.57. The van der Waals surface area contributed by atoms with Crippen molar-refractivity contribution in [1.82, 2.24) is 0 Å². The largest absolute Gasteiger partial charge is 0.508 e. The molecule has 0 spiro atoms. The van der Waals surface area contributed by atoms with Crippen LogP contribution in [-0.2, 0) is 14.2 Å². The van der Waals surface area contributed by atoms with Crippen LogP contribution in [0.5, 0.6) is 0 Å². The predicted molar refractivity (Wildman–Crippen MR) is 50.4 cm³/mol. The molecule has 14 heavy (non-hydrogen) atoms. The average molecular weight is 196 g/mol. The van der Waals surface area contributed by atoms with Crippen LogP contribution in [0.1, 0.15) is 6.92 Å². The summed E-state index contributed by atoms with van der Waals surface area (Å²) in [6.07, 6.45) is -0.739. The molecule has 0 saturated heterocycles. The van der Waals surface area contributed by atoms with Crippen molar-refractivity contribution in [3.63, 3.8) is 0 Å². The van der Waals surface area contributed by atoms with Crippen LogP contribution in [0.4, 0.5) is 4.79 Å². The first-order valence-electron chi connectivity index (χ1n) is 3.95. The lowest BCUT2D eigenvalue weighted by molar-refractivity contribution is 0.0832. The van der Waals surface area contributed by atoms with Crippen LogP contribution in [0, 0.1) is 23.7 Å². The second-order valence-corrected chi connectivity index (χ2v) is 2.02. The zero-order valence-electron chi connectivity index (χ0n) is 8.25. The predicted octanol–water partition coefficient (Wildman–Crippen LogP) is 0.813. The minimum absolute atomic E-state index is 0.00941. The number of carbonyl (C=O) groups excluding carboxylic acids is 1. The standard InChI is InChI=1S/C10H12O4/c1-3-4-7-13-8-5-6-9-14-10(11)12-2/h7-9H2,1-2H3. The molecule has 4 heteroatoms. The van der Waals surface area contributed by atoms with E-state index in [2.05, 4.69) is 33.2 Å². The van der Waals surface area contributed by atoms with Crippen molar-refractivity contribution in [2.45, 2.75) is 6.92 Å². The molecule has 0 rings (SSSR count). The molecule has 0 aliphatic carbocycles. The van der Waals surface area contributed by atoms with Gasteiger partial charge in [0.15, 0.2) is 6.61 Å². The summed E-state index contributed by atoms with van der Waals surface area (Å²) in [4.78, 5) is 10.4. The lowest BCUT2D eigenvalue weighted by Crippen LogP contribution is -2.04. The maximum atomic E-state index is 10.4. The smallest absolute Gasteiger partial charge is 0.438 e. The van der Waals surface area contributed by atoms with E-state index in [4.69, 9.17) is 4.74 Å². The summed E-state index contributed by atoms with van der Waals surface area (Å²) in [7, 11) is 1.24. The van der Waals surface area contributed by atoms with Gasteiger partial charge in [-0.1, -0.05) is 17.8 Å². The zero-order valence-corrected chi connectivity index (χ0v) is 8.25. The number of methoxy groups -OCH3 is 1. The Morgan fingerprint density at radius 1 is 1.14 bits per heavy atom. The Kier molecular flexibility index (Phi) is 8.33. The number of hydrogen-bond donors (Lipinski definition) is 0. The van der Waals surface area contributed by atoms with E-state index in [0.717, 1.165) is 0 Å². The van der Waals surface area contributed by atoms with Crippen LogP contribution >= 0.6 is 0 Å². The van der Waals surface area contributed by atoms with E-state index in [9.17, 15) is 4.79 Å². The summed E-state index contributed by atoms with van der Waals surface area (Å²) in [6.45, 7) is 2.39. The van der Waals surface area contributed by atoms with Gasteiger partial charge in [-0.05, 0) is 6.92 Å². The molecule has 0 aromatic heterocycles. The van der Waals surface area contributed by atoms with E-state index in [-0.39, 0.29) is 13.2 Å². The van der Waals surface area contributed by atoms with E-state index in [1.807, 2.05) is 0 Å². The summed E-state index contributed by atoms with van der Waals surface area (Å²) in [5.74, 6) is 10.6. The summed E-state index contributed by atoms with van der Waals surface area (Å²) in [5, 5.41) is 0. The fourth-order valence-corrected chi connectivity index (χ4v) is 0.481. The molecule has 0 aromatic rings. The van der Waals surface area contributed by atoms with Crippen LogP contribution in [0.3, 0.4) is 0 Å². The molecule has 4 nitrogen and oxygen atoms in total. The summed E-state index contributed by atoms with van der Waals surface area (Å²) in [6, 6.07) is 0. The quantitative estimate of drug-likeness (QED) is 0.380. The highest BCUT2D eigenvalue weighted by molar-refractivity contribution is 5.59. The first kappa shape index (κ1) is 12.3. The average Bonchev–Trinajstić information content (AvgIpc) is 2.21. The third-order valence-electron chi connectivity index (χ3n) is 1.08. The molecular formula is C10H12O4. The molecule has 76 valence electrons. The van der Waals surface area contributed by atoms with Crippen molar-refractivity contribution in [1.29, 1.82) is 0 Å². The summed E-state index contributed by atoms with van der Waals surface area (Å²) >= 11 is 0. The van der Waals surface area contributed by atoms with Crippen LogP contribution in [-0.4, -0.2) is 33.1 Å². The molecule has 0 N–H and O–H groups in total. The molecule has 0 heterocycles. The van der Waals surface area contributed by atoms with Gasteiger partial charge < -0.3 is 14.2 Å². The Morgan fingerprint density at radius 2 is 1.79 bits per heavy atom. The topological polar surface area (TPSA) is 44.8 Å². The number of ether oxygens (including phenoxy) is 3. The first-order valence-corrected chi connectivity index (χ1v) is 3.95. The van der Waals surface area contributed by atoms with E-state index in [1.54, 1.807) is 6.92 Å². The van der Waals surface area contributed by atoms with Gasteiger partial charge in [0, 0.05) is 0 Å². The Bertz CT molecular complexity index is 274. The highest BCUT2D eigenvalue weighted by atomic mass is 16.7. The number of hydrogen-bond acceptors (Lipinski definition) is 4. The molecule has 0 radical (unpaired) electrons. The van der Waals surface area contributed by atoms with Crippen molar-refractivity contribution in [2.24, 2.45) is 0 Å². The van der Waals surface area contributed by atoms with Crippen LogP contribution < -0.4 is 0 Å². The maximum Gasteiger partial charge on any atom is 0.508 e. The summed E-state index contributed by atoms with van der Waals surface area (Å²) in [5.41, 5.74) is 0. The lowest BCUT2D eigenvalue weighted by Gasteiger charge is -1.95. The number of carbonyl (C=O) groups is 1. The van der Waals surface area contributed by atoms with Crippen LogP contribution in [0.15, 0.2) is 0 Å². The Morgan fingerprint density at radius 3 is 2.43 bits per heavy atom. The third-order valence-corrected chi connectivity index (χ3v) is 1.08. The van der Waals surface area contributed by atoms with Crippen molar-refractivity contribution in [2.75, 3.05) is 26.9 Å². The highest BCUT2D eigenvalue weighted by Crippen LogP contribution is 1.79. The molecule has 0 amide bonds. The van der Waals surface area contributed by atoms with Gasteiger partial charge in [-0.15, -0.1) is 5.92 Å². The third kappa shape index (κ3) is 8.45. The molecule has 0 atom stereocenters. The molecule has 0 saturated carbocycles. The van der Waals surface area contributed by atoms with Gasteiger partial charge in [0.25, 0.3) is 0 Å². The lowest BCUT2D eigenvalue weighted by atomic mass is 10.6. The van der Waals surface area contributed by atoms with Gasteiger partial charge in [-0.3, -0.25) is 0 Å². The molecular weight excluding hydrogens is 184 g/mol. The number of rotatable bonds is 3. The van der Waals surface area contributed by atoms with Gasteiger partial charge in [0.2, 0.25) is 0 Å². The molecule has 0 fully saturated rings. The van der Waals surface area contributed by atoms with Crippen molar-refractivity contribution >= 4 is 6.16 Å².